The monoisotopic (exact) mass is 322 g/mol. The second kappa shape index (κ2) is 7.24. The van der Waals surface area contributed by atoms with E-state index in [1.165, 1.54) is 0 Å². The maximum atomic E-state index is 12.2. The molecule has 1 fully saturated rings. The molecule has 1 atom stereocenters. The van der Waals surface area contributed by atoms with E-state index in [4.69, 9.17) is 9.47 Å². The van der Waals surface area contributed by atoms with Gasteiger partial charge in [-0.05, 0) is 24.6 Å². The number of rotatable bonds is 4. The number of thioether (sulfide) groups is 1. The lowest BCUT2D eigenvalue weighted by Gasteiger charge is -2.26. The molecule has 1 saturated heterocycles. The Morgan fingerprint density at radius 1 is 1.27 bits per heavy atom. The topological polar surface area (TPSA) is 50.8 Å². The summed E-state index contributed by atoms with van der Waals surface area (Å²) in [5.41, 5.74) is 1.03. The summed E-state index contributed by atoms with van der Waals surface area (Å²) in [6.07, 6.45) is 0. The number of carbonyl (C=O) groups excluding carboxylic acids is 1. The molecule has 0 bridgehead atoms. The molecule has 0 radical (unpaired) electrons. The van der Waals surface area contributed by atoms with Gasteiger partial charge in [-0.1, -0.05) is 6.07 Å². The third kappa shape index (κ3) is 3.87. The van der Waals surface area contributed by atoms with Crippen molar-refractivity contribution in [2.75, 3.05) is 44.4 Å². The number of hydrogen-bond acceptors (Lipinski definition) is 5. The Morgan fingerprint density at radius 2 is 2.00 bits per heavy atom. The number of nitrogens with one attached hydrogen (secondary N) is 1. The number of nitrogens with zero attached hydrogens (tertiary/aromatic N) is 1. The third-order valence-electron chi connectivity index (χ3n) is 3.91. The number of carbonyl (C=O) groups is 1. The van der Waals surface area contributed by atoms with Crippen LogP contribution in [0.1, 0.15) is 18.5 Å². The molecule has 2 aliphatic heterocycles. The van der Waals surface area contributed by atoms with Crippen molar-refractivity contribution in [3.8, 4) is 11.5 Å². The highest BCUT2D eigenvalue weighted by Crippen LogP contribution is 2.32. The SMILES string of the molecule is C[C@H](NC(=O)CN1CCSCC1)c1ccc2c(c1)OCCO2. The van der Waals surface area contributed by atoms with Crippen molar-refractivity contribution >= 4 is 17.7 Å². The van der Waals surface area contributed by atoms with Crippen molar-refractivity contribution in [1.82, 2.24) is 10.2 Å². The van der Waals surface area contributed by atoms with Crippen LogP contribution in [0.5, 0.6) is 11.5 Å². The first-order chi connectivity index (χ1) is 10.7. The molecule has 1 N–H and O–H groups in total. The Labute approximate surface area is 135 Å². The summed E-state index contributed by atoms with van der Waals surface area (Å²) < 4.78 is 11.1. The maximum absolute atomic E-state index is 12.2. The smallest absolute Gasteiger partial charge is 0.234 e. The van der Waals surface area contributed by atoms with Crippen LogP contribution in [0.4, 0.5) is 0 Å². The minimum Gasteiger partial charge on any atom is -0.486 e. The van der Waals surface area contributed by atoms with Gasteiger partial charge in [-0.25, -0.2) is 0 Å². The molecule has 1 amide bonds. The molecular formula is C16H22N2O3S. The fraction of sp³-hybridized carbons (Fsp3) is 0.562. The Hall–Kier alpha value is -1.40. The van der Waals surface area contributed by atoms with Gasteiger partial charge in [0.05, 0.1) is 12.6 Å². The van der Waals surface area contributed by atoms with Gasteiger partial charge in [-0.15, -0.1) is 0 Å². The molecule has 2 aliphatic rings. The van der Waals surface area contributed by atoms with Gasteiger partial charge in [0.25, 0.3) is 0 Å². The molecule has 3 rings (SSSR count). The average molecular weight is 322 g/mol. The van der Waals surface area contributed by atoms with Crippen LogP contribution >= 0.6 is 11.8 Å². The van der Waals surface area contributed by atoms with Gasteiger partial charge in [0.2, 0.25) is 5.91 Å². The number of ether oxygens (including phenoxy) is 2. The van der Waals surface area contributed by atoms with Gasteiger partial charge in [0.1, 0.15) is 13.2 Å². The molecule has 0 aromatic heterocycles. The summed E-state index contributed by atoms with van der Waals surface area (Å²) in [5.74, 6) is 3.85. The van der Waals surface area contributed by atoms with Crippen LogP contribution in [0.15, 0.2) is 18.2 Å². The lowest BCUT2D eigenvalue weighted by Crippen LogP contribution is -2.41. The second-order valence-corrected chi connectivity index (χ2v) is 6.81. The maximum Gasteiger partial charge on any atom is 0.234 e. The molecular weight excluding hydrogens is 300 g/mol. The summed E-state index contributed by atoms with van der Waals surface area (Å²) in [6.45, 7) is 5.63. The molecule has 0 unspecified atom stereocenters. The predicted molar refractivity (Wildman–Crippen MR) is 87.8 cm³/mol. The molecule has 0 aliphatic carbocycles. The van der Waals surface area contributed by atoms with Gasteiger partial charge < -0.3 is 14.8 Å². The summed E-state index contributed by atoms with van der Waals surface area (Å²) >= 11 is 1.95. The molecule has 6 heteroatoms. The van der Waals surface area contributed by atoms with Gasteiger partial charge in [0.15, 0.2) is 11.5 Å². The van der Waals surface area contributed by atoms with Crippen LogP contribution < -0.4 is 14.8 Å². The summed E-state index contributed by atoms with van der Waals surface area (Å²) in [4.78, 5) is 14.4. The Balaban J connectivity index is 1.56. The number of fused-ring (bicyclic) bond motifs is 1. The van der Waals surface area contributed by atoms with E-state index in [9.17, 15) is 4.79 Å². The van der Waals surface area contributed by atoms with E-state index in [1.807, 2.05) is 36.9 Å². The number of benzene rings is 1. The van der Waals surface area contributed by atoms with Crippen LogP contribution in [0.3, 0.4) is 0 Å². The molecule has 120 valence electrons. The lowest BCUT2D eigenvalue weighted by molar-refractivity contribution is -0.122. The summed E-state index contributed by atoms with van der Waals surface area (Å²) in [6, 6.07) is 5.81. The largest absolute Gasteiger partial charge is 0.486 e. The van der Waals surface area contributed by atoms with E-state index in [2.05, 4.69) is 10.2 Å². The van der Waals surface area contributed by atoms with Crippen molar-refractivity contribution in [3.05, 3.63) is 23.8 Å². The number of hydrogen-bond donors (Lipinski definition) is 1. The second-order valence-electron chi connectivity index (χ2n) is 5.58. The van der Waals surface area contributed by atoms with Crippen molar-refractivity contribution in [3.63, 3.8) is 0 Å². The minimum absolute atomic E-state index is 0.0394. The van der Waals surface area contributed by atoms with Crippen molar-refractivity contribution < 1.29 is 14.3 Å². The zero-order valence-electron chi connectivity index (χ0n) is 12.8. The highest BCUT2D eigenvalue weighted by atomic mass is 32.2. The van der Waals surface area contributed by atoms with Crippen LogP contribution in [0, 0.1) is 0 Å². The highest BCUT2D eigenvalue weighted by molar-refractivity contribution is 7.99. The molecule has 0 saturated carbocycles. The van der Waals surface area contributed by atoms with Gasteiger partial charge in [-0.3, -0.25) is 9.69 Å². The fourth-order valence-corrected chi connectivity index (χ4v) is 3.64. The Morgan fingerprint density at radius 3 is 2.77 bits per heavy atom. The third-order valence-corrected chi connectivity index (χ3v) is 4.86. The van der Waals surface area contributed by atoms with E-state index >= 15 is 0 Å². The van der Waals surface area contributed by atoms with E-state index < -0.39 is 0 Å². The summed E-state index contributed by atoms with van der Waals surface area (Å²) in [7, 11) is 0. The summed E-state index contributed by atoms with van der Waals surface area (Å²) in [5, 5.41) is 3.07. The van der Waals surface area contributed by atoms with Gasteiger partial charge in [-0.2, -0.15) is 11.8 Å². The highest BCUT2D eigenvalue weighted by Gasteiger charge is 2.18. The van der Waals surface area contributed by atoms with Crippen molar-refractivity contribution in [2.45, 2.75) is 13.0 Å². The van der Waals surface area contributed by atoms with Crippen LogP contribution in [-0.2, 0) is 4.79 Å². The van der Waals surface area contributed by atoms with Crippen LogP contribution in [0.25, 0.3) is 0 Å². The first-order valence-electron chi connectivity index (χ1n) is 7.71. The molecule has 1 aromatic carbocycles. The van der Waals surface area contributed by atoms with Crippen LogP contribution in [-0.4, -0.2) is 55.2 Å². The quantitative estimate of drug-likeness (QED) is 0.914. The number of amides is 1. The van der Waals surface area contributed by atoms with E-state index in [-0.39, 0.29) is 11.9 Å². The fourth-order valence-electron chi connectivity index (χ4n) is 2.66. The van der Waals surface area contributed by atoms with Gasteiger partial charge in [0, 0.05) is 24.6 Å². The minimum atomic E-state index is -0.0394. The molecule has 5 nitrogen and oxygen atoms in total. The van der Waals surface area contributed by atoms with Crippen molar-refractivity contribution in [2.24, 2.45) is 0 Å². The van der Waals surface area contributed by atoms with Crippen molar-refractivity contribution in [1.29, 1.82) is 0 Å². The zero-order chi connectivity index (χ0) is 15.4. The first-order valence-corrected chi connectivity index (χ1v) is 8.87. The predicted octanol–water partition coefficient (Wildman–Crippen LogP) is 1.68. The molecule has 1 aromatic rings. The van der Waals surface area contributed by atoms with E-state index in [0.717, 1.165) is 41.7 Å². The molecule has 22 heavy (non-hydrogen) atoms. The zero-order valence-corrected chi connectivity index (χ0v) is 13.7. The lowest BCUT2D eigenvalue weighted by atomic mass is 10.1. The van der Waals surface area contributed by atoms with Gasteiger partial charge >= 0.3 is 0 Å². The Kier molecular flexibility index (Phi) is 5.10. The van der Waals surface area contributed by atoms with E-state index in [1.54, 1.807) is 0 Å². The van der Waals surface area contributed by atoms with E-state index in [0.29, 0.717) is 19.8 Å². The average Bonchev–Trinajstić information content (AvgIpc) is 2.55. The molecule has 0 spiro atoms. The normalized spacial score (nSPS) is 19.5. The van der Waals surface area contributed by atoms with Crippen LogP contribution in [0.2, 0.25) is 0 Å². The Bertz CT molecular complexity index is 532. The first kappa shape index (κ1) is 15.5. The standard InChI is InChI=1S/C16H22N2O3S/c1-12(17-16(19)11-18-4-8-22-9-5-18)13-2-3-14-15(10-13)21-7-6-20-14/h2-3,10,12H,4-9,11H2,1H3,(H,17,19)/t12-/m0/s1. The molecule has 2 heterocycles.